The smallest absolute Gasteiger partial charge is 0.237 e. The van der Waals surface area contributed by atoms with Crippen LogP contribution in [0.25, 0.3) is 0 Å². The molecule has 4 atom stereocenters. The first-order valence-electron chi connectivity index (χ1n) is 10.9. The van der Waals surface area contributed by atoms with Crippen LogP contribution in [0.2, 0.25) is 0 Å². The Morgan fingerprint density at radius 1 is 1.14 bits per heavy atom. The normalized spacial score (nSPS) is 27.9. The fourth-order valence-electron chi connectivity index (χ4n) is 4.55. The topological polar surface area (TPSA) is 44.8 Å². The molecule has 2 aliphatic rings. The average Bonchev–Trinajstić information content (AvgIpc) is 2.72. The lowest BCUT2D eigenvalue weighted by Gasteiger charge is -2.39. The molecule has 1 aliphatic carbocycles. The van der Waals surface area contributed by atoms with E-state index in [-0.39, 0.29) is 11.9 Å². The molecular weight excluding hydrogens is 350 g/mol. The highest BCUT2D eigenvalue weighted by molar-refractivity contribution is 5.81. The van der Waals surface area contributed by atoms with Crippen molar-refractivity contribution in [3.8, 4) is 5.75 Å². The van der Waals surface area contributed by atoms with E-state index in [0.717, 1.165) is 44.9 Å². The van der Waals surface area contributed by atoms with Crippen LogP contribution in [-0.2, 0) is 11.3 Å². The van der Waals surface area contributed by atoms with Gasteiger partial charge in [0.2, 0.25) is 5.91 Å². The number of carbonyl (C=O) groups excluding carboxylic acids is 1. The highest BCUT2D eigenvalue weighted by Crippen LogP contribution is 2.29. The Morgan fingerprint density at radius 2 is 1.82 bits per heavy atom. The van der Waals surface area contributed by atoms with Gasteiger partial charge in [-0.3, -0.25) is 14.6 Å². The van der Waals surface area contributed by atoms with E-state index in [2.05, 4.69) is 48.0 Å². The summed E-state index contributed by atoms with van der Waals surface area (Å²) in [4.78, 5) is 17.6. The molecule has 2 fully saturated rings. The van der Waals surface area contributed by atoms with Crippen molar-refractivity contribution in [1.82, 2.24) is 15.1 Å². The number of benzene rings is 1. The molecule has 28 heavy (non-hydrogen) atoms. The zero-order chi connectivity index (χ0) is 20.1. The first-order valence-corrected chi connectivity index (χ1v) is 10.9. The van der Waals surface area contributed by atoms with Crippen molar-refractivity contribution in [3.63, 3.8) is 0 Å². The molecule has 5 nitrogen and oxygen atoms in total. The molecule has 1 aromatic carbocycles. The molecule has 0 bridgehead atoms. The number of amides is 1. The molecule has 0 aromatic heterocycles. The first-order chi connectivity index (χ1) is 13.5. The van der Waals surface area contributed by atoms with Crippen molar-refractivity contribution < 1.29 is 9.53 Å². The van der Waals surface area contributed by atoms with Crippen LogP contribution in [0.3, 0.4) is 0 Å². The van der Waals surface area contributed by atoms with E-state index < -0.39 is 0 Å². The Labute approximate surface area is 170 Å². The second-order valence-electron chi connectivity index (χ2n) is 8.72. The number of ether oxygens (including phenoxy) is 1. The standard InChI is InChI=1S/C23H37N3O2/c1-17-6-5-7-22(18(17)2)24-23(27)19(3)26-14-12-25(13-15-26)16-20-8-10-21(28-4)11-9-20/h8-11,17-19,22H,5-7,12-16H2,1-4H3,(H,24,27)/t17-,18+,19+,22-/m0/s1. The van der Waals surface area contributed by atoms with E-state index in [9.17, 15) is 4.79 Å². The quantitative estimate of drug-likeness (QED) is 0.814. The highest BCUT2D eigenvalue weighted by atomic mass is 16.5. The van der Waals surface area contributed by atoms with Gasteiger partial charge in [0, 0.05) is 38.8 Å². The monoisotopic (exact) mass is 387 g/mol. The summed E-state index contributed by atoms with van der Waals surface area (Å²) >= 11 is 0. The van der Waals surface area contributed by atoms with Gasteiger partial charge in [0.1, 0.15) is 5.75 Å². The van der Waals surface area contributed by atoms with Gasteiger partial charge in [-0.15, -0.1) is 0 Å². The number of nitrogens with one attached hydrogen (secondary N) is 1. The van der Waals surface area contributed by atoms with Crippen molar-refractivity contribution >= 4 is 5.91 Å². The van der Waals surface area contributed by atoms with E-state index in [1.165, 1.54) is 18.4 Å². The van der Waals surface area contributed by atoms with Crippen LogP contribution >= 0.6 is 0 Å². The van der Waals surface area contributed by atoms with Crippen molar-refractivity contribution in [3.05, 3.63) is 29.8 Å². The van der Waals surface area contributed by atoms with Crippen LogP contribution in [0.5, 0.6) is 5.75 Å². The fourth-order valence-corrected chi connectivity index (χ4v) is 4.55. The minimum atomic E-state index is -0.0485. The van der Waals surface area contributed by atoms with E-state index in [0.29, 0.717) is 17.9 Å². The zero-order valence-corrected chi connectivity index (χ0v) is 18.0. The summed E-state index contributed by atoms with van der Waals surface area (Å²) in [6.45, 7) is 11.5. The Bertz CT molecular complexity index is 625. The van der Waals surface area contributed by atoms with Gasteiger partial charge in [-0.2, -0.15) is 0 Å². The van der Waals surface area contributed by atoms with Crippen LogP contribution in [0, 0.1) is 11.8 Å². The predicted molar refractivity (Wildman–Crippen MR) is 113 cm³/mol. The molecule has 1 N–H and O–H groups in total. The maximum Gasteiger partial charge on any atom is 0.237 e. The molecule has 1 aliphatic heterocycles. The van der Waals surface area contributed by atoms with Crippen molar-refractivity contribution in [2.75, 3.05) is 33.3 Å². The third-order valence-electron chi connectivity index (χ3n) is 6.93. The molecule has 1 amide bonds. The van der Waals surface area contributed by atoms with Crippen molar-refractivity contribution in [2.45, 2.75) is 58.7 Å². The summed E-state index contributed by atoms with van der Waals surface area (Å²) in [6.07, 6.45) is 3.65. The maximum absolute atomic E-state index is 12.8. The summed E-state index contributed by atoms with van der Waals surface area (Å²) in [6, 6.07) is 8.60. The lowest BCUT2D eigenvalue weighted by Crippen LogP contribution is -2.56. The molecule has 5 heteroatoms. The average molecular weight is 388 g/mol. The van der Waals surface area contributed by atoms with E-state index in [4.69, 9.17) is 4.74 Å². The van der Waals surface area contributed by atoms with Crippen LogP contribution < -0.4 is 10.1 Å². The van der Waals surface area contributed by atoms with Crippen LogP contribution in [-0.4, -0.2) is 61.1 Å². The zero-order valence-electron chi connectivity index (χ0n) is 18.0. The third-order valence-corrected chi connectivity index (χ3v) is 6.93. The first kappa shape index (κ1) is 21.1. The minimum Gasteiger partial charge on any atom is -0.497 e. The Morgan fingerprint density at radius 3 is 2.46 bits per heavy atom. The van der Waals surface area contributed by atoms with Gasteiger partial charge in [-0.25, -0.2) is 0 Å². The second-order valence-corrected chi connectivity index (χ2v) is 8.72. The number of carbonyl (C=O) groups is 1. The highest BCUT2D eigenvalue weighted by Gasteiger charge is 2.31. The van der Waals surface area contributed by atoms with Crippen LogP contribution in [0.1, 0.15) is 45.6 Å². The summed E-state index contributed by atoms with van der Waals surface area (Å²) < 4.78 is 5.23. The number of nitrogens with zero attached hydrogens (tertiary/aromatic N) is 2. The molecule has 1 saturated heterocycles. The second kappa shape index (κ2) is 9.75. The summed E-state index contributed by atoms with van der Waals surface area (Å²) in [5.41, 5.74) is 1.31. The van der Waals surface area contributed by atoms with E-state index in [1.807, 2.05) is 12.1 Å². The van der Waals surface area contributed by atoms with Gasteiger partial charge >= 0.3 is 0 Å². The Balaban J connectivity index is 1.45. The lowest BCUT2D eigenvalue weighted by atomic mass is 9.78. The van der Waals surface area contributed by atoms with Gasteiger partial charge in [0.15, 0.2) is 0 Å². The number of hydrogen-bond donors (Lipinski definition) is 1. The van der Waals surface area contributed by atoms with Crippen molar-refractivity contribution in [2.24, 2.45) is 11.8 Å². The molecule has 1 heterocycles. The molecular formula is C23H37N3O2. The minimum absolute atomic E-state index is 0.0485. The summed E-state index contributed by atoms with van der Waals surface area (Å²) in [7, 11) is 1.70. The largest absolute Gasteiger partial charge is 0.497 e. The fraction of sp³-hybridized carbons (Fsp3) is 0.696. The molecule has 0 radical (unpaired) electrons. The maximum atomic E-state index is 12.8. The van der Waals surface area contributed by atoms with Gasteiger partial charge < -0.3 is 10.1 Å². The van der Waals surface area contributed by atoms with Gasteiger partial charge in [-0.1, -0.05) is 38.8 Å². The predicted octanol–water partition coefficient (Wildman–Crippen LogP) is 3.14. The van der Waals surface area contributed by atoms with E-state index >= 15 is 0 Å². The molecule has 0 spiro atoms. The van der Waals surface area contributed by atoms with Gasteiger partial charge in [0.05, 0.1) is 13.2 Å². The van der Waals surface area contributed by atoms with Gasteiger partial charge in [-0.05, 0) is 42.9 Å². The Hall–Kier alpha value is -1.59. The van der Waals surface area contributed by atoms with Crippen LogP contribution in [0.4, 0.5) is 0 Å². The molecule has 1 aromatic rings. The molecule has 156 valence electrons. The summed E-state index contributed by atoms with van der Waals surface area (Å²) in [5.74, 6) is 2.38. The number of rotatable bonds is 6. The third kappa shape index (κ3) is 5.26. The molecule has 3 rings (SSSR count). The number of piperazine rings is 1. The number of hydrogen-bond acceptors (Lipinski definition) is 4. The van der Waals surface area contributed by atoms with Crippen molar-refractivity contribution in [1.29, 1.82) is 0 Å². The molecule has 1 saturated carbocycles. The SMILES string of the molecule is COc1ccc(CN2CCN([C@H](C)C(=O)N[C@H]3CCC[C@H](C)[C@H]3C)CC2)cc1. The summed E-state index contributed by atoms with van der Waals surface area (Å²) in [5, 5.41) is 3.35. The Kier molecular flexibility index (Phi) is 7.36. The van der Waals surface area contributed by atoms with E-state index in [1.54, 1.807) is 7.11 Å². The van der Waals surface area contributed by atoms with Gasteiger partial charge in [0.25, 0.3) is 0 Å². The lowest BCUT2D eigenvalue weighted by molar-refractivity contribution is -0.128. The van der Waals surface area contributed by atoms with Crippen LogP contribution in [0.15, 0.2) is 24.3 Å². The number of methoxy groups -OCH3 is 1. The molecule has 0 unspecified atom stereocenters.